The van der Waals surface area contributed by atoms with Crippen LogP contribution >= 0.6 is 0 Å². The van der Waals surface area contributed by atoms with Crippen LogP contribution in [0.15, 0.2) is 54.6 Å². The molecule has 0 saturated heterocycles. The normalized spacial score (nSPS) is 11.3. The van der Waals surface area contributed by atoms with Crippen LogP contribution in [-0.2, 0) is 6.18 Å². The van der Waals surface area contributed by atoms with Crippen LogP contribution in [0, 0.1) is 12.7 Å². The third-order valence-electron chi connectivity index (χ3n) is 3.47. The highest BCUT2D eigenvalue weighted by atomic mass is 19.4. The Balaban J connectivity index is 1.91. The molecule has 0 aliphatic rings. The summed E-state index contributed by atoms with van der Waals surface area (Å²) in [6.45, 7) is 1.66. The van der Waals surface area contributed by atoms with Crippen molar-refractivity contribution in [2.75, 3.05) is 10.6 Å². The van der Waals surface area contributed by atoms with Crippen molar-refractivity contribution in [3.05, 3.63) is 71.7 Å². The van der Waals surface area contributed by atoms with Gasteiger partial charge < -0.3 is 10.6 Å². The Morgan fingerprint density at radius 2 is 1.50 bits per heavy atom. The highest BCUT2D eigenvalue weighted by Crippen LogP contribution is 2.35. The number of aryl methyl sites for hydroxylation is 1. The zero-order valence-corrected chi connectivity index (χ0v) is 13.6. The maximum absolute atomic E-state index is 13.7. The van der Waals surface area contributed by atoms with Crippen LogP contribution in [-0.4, -0.2) is 9.97 Å². The average Bonchev–Trinajstić information content (AvgIpc) is 2.56. The third kappa shape index (κ3) is 4.08. The van der Waals surface area contributed by atoms with E-state index in [1.165, 1.54) is 36.4 Å². The van der Waals surface area contributed by atoms with Crippen molar-refractivity contribution < 1.29 is 17.6 Å². The van der Waals surface area contributed by atoms with Crippen LogP contribution in [0.4, 0.5) is 40.7 Å². The first-order chi connectivity index (χ1) is 12.3. The van der Waals surface area contributed by atoms with E-state index < -0.39 is 17.6 Å². The lowest BCUT2D eigenvalue weighted by Crippen LogP contribution is -2.09. The second-order valence-electron chi connectivity index (χ2n) is 5.49. The zero-order chi connectivity index (χ0) is 18.7. The molecule has 0 atom stereocenters. The second kappa shape index (κ2) is 6.99. The van der Waals surface area contributed by atoms with Gasteiger partial charge in [0.05, 0.1) is 16.9 Å². The third-order valence-corrected chi connectivity index (χ3v) is 3.47. The number of halogens is 4. The number of hydrogen-bond donors (Lipinski definition) is 2. The zero-order valence-electron chi connectivity index (χ0n) is 13.6. The van der Waals surface area contributed by atoms with Gasteiger partial charge in [0.1, 0.15) is 11.6 Å². The van der Waals surface area contributed by atoms with Gasteiger partial charge >= 0.3 is 6.18 Å². The van der Waals surface area contributed by atoms with Gasteiger partial charge in [0, 0.05) is 11.8 Å². The van der Waals surface area contributed by atoms with E-state index in [0.717, 1.165) is 6.07 Å². The molecule has 4 nitrogen and oxygen atoms in total. The lowest BCUT2D eigenvalue weighted by Gasteiger charge is -2.15. The van der Waals surface area contributed by atoms with E-state index in [9.17, 15) is 17.6 Å². The molecule has 134 valence electrons. The summed E-state index contributed by atoms with van der Waals surface area (Å²) in [6.07, 6.45) is -4.50. The molecule has 1 aromatic heterocycles. The summed E-state index contributed by atoms with van der Waals surface area (Å²) in [5.41, 5.74) is -0.264. The molecule has 0 radical (unpaired) electrons. The molecule has 2 N–H and O–H groups in total. The molecule has 0 fully saturated rings. The minimum atomic E-state index is -4.50. The van der Waals surface area contributed by atoms with Gasteiger partial charge in [-0.15, -0.1) is 0 Å². The van der Waals surface area contributed by atoms with E-state index >= 15 is 0 Å². The van der Waals surface area contributed by atoms with Crippen LogP contribution in [0.1, 0.15) is 11.3 Å². The first kappa shape index (κ1) is 17.7. The van der Waals surface area contributed by atoms with Crippen molar-refractivity contribution in [3.63, 3.8) is 0 Å². The molecule has 3 rings (SSSR count). The van der Waals surface area contributed by atoms with Gasteiger partial charge in [0.25, 0.3) is 0 Å². The van der Waals surface area contributed by atoms with Crippen LogP contribution in [0.25, 0.3) is 0 Å². The number of nitrogens with one attached hydrogen (secondary N) is 2. The predicted molar refractivity (Wildman–Crippen MR) is 91.2 cm³/mol. The van der Waals surface area contributed by atoms with Crippen LogP contribution < -0.4 is 10.6 Å². The fraction of sp³-hybridized carbons (Fsp3) is 0.111. The van der Waals surface area contributed by atoms with Crippen molar-refractivity contribution in [1.82, 2.24) is 9.97 Å². The monoisotopic (exact) mass is 362 g/mol. The number of aromatic nitrogens is 2. The van der Waals surface area contributed by atoms with E-state index in [1.807, 2.05) is 0 Å². The van der Waals surface area contributed by atoms with Crippen LogP contribution in [0.2, 0.25) is 0 Å². The first-order valence-electron chi connectivity index (χ1n) is 7.63. The lowest BCUT2D eigenvalue weighted by atomic mass is 10.1. The van der Waals surface area contributed by atoms with Crippen molar-refractivity contribution in [3.8, 4) is 0 Å². The Kier molecular flexibility index (Phi) is 4.75. The summed E-state index contributed by atoms with van der Waals surface area (Å²) in [4.78, 5) is 8.25. The second-order valence-corrected chi connectivity index (χ2v) is 5.49. The molecule has 3 aromatic rings. The number of anilines is 4. The molecule has 0 saturated carbocycles. The molecule has 0 aliphatic carbocycles. The molecular weight excluding hydrogens is 348 g/mol. The maximum atomic E-state index is 13.7. The van der Waals surface area contributed by atoms with Gasteiger partial charge in [-0.1, -0.05) is 24.3 Å². The topological polar surface area (TPSA) is 49.8 Å². The summed E-state index contributed by atoms with van der Waals surface area (Å²) in [5, 5.41) is 5.38. The van der Waals surface area contributed by atoms with Gasteiger partial charge in [0.2, 0.25) is 5.95 Å². The Labute approximate surface area is 146 Å². The van der Waals surface area contributed by atoms with E-state index in [0.29, 0.717) is 5.69 Å². The number of benzene rings is 2. The fourth-order valence-electron chi connectivity index (χ4n) is 2.35. The first-order valence-corrected chi connectivity index (χ1v) is 7.63. The fourth-order valence-corrected chi connectivity index (χ4v) is 2.35. The summed E-state index contributed by atoms with van der Waals surface area (Å²) in [7, 11) is 0. The van der Waals surface area contributed by atoms with Gasteiger partial charge in [-0.2, -0.15) is 18.2 Å². The molecule has 0 aliphatic heterocycles. The quantitative estimate of drug-likeness (QED) is 0.608. The van der Waals surface area contributed by atoms with E-state index in [1.54, 1.807) is 19.1 Å². The molecular formula is C18H14F4N4. The molecule has 2 aromatic carbocycles. The molecule has 0 spiro atoms. The SMILES string of the molecule is Cc1cc(Nc2ccccc2C(F)(F)F)nc(Nc2ccccc2F)n1. The van der Waals surface area contributed by atoms with E-state index in [4.69, 9.17) is 0 Å². The molecule has 8 heteroatoms. The van der Waals surface area contributed by atoms with Gasteiger partial charge in [-0.25, -0.2) is 9.37 Å². The highest BCUT2D eigenvalue weighted by molar-refractivity contribution is 5.63. The maximum Gasteiger partial charge on any atom is 0.418 e. The van der Waals surface area contributed by atoms with Crippen molar-refractivity contribution >= 4 is 23.1 Å². The summed E-state index contributed by atoms with van der Waals surface area (Å²) in [5.74, 6) is -0.260. The predicted octanol–water partition coefficient (Wildman–Crippen LogP) is 5.43. The van der Waals surface area contributed by atoms with E-state index in [-0.39, 0.29) is 23.1 Å². The average molecular weight is 362 g/mol. The molecule has 0 unspecified atom stereocenters. The summed E-state index contributed by atoms with van der Waals surface area (Å²) in [6, 6.07) is 12.6. The summed E-state index contributed by atoms with van der Waals surface area (Å²) < 4.78 is 53.1. The molecule has 1 heterocycles. The van der Waals surface area contributed by atoms with E-state index in [2.05, 4.69) is 20.6 Å². The highest BCUT2D eigenvalue weighted by Gasteiger charge is 2.33. The number of para-hydroxylation sites is 2. The Bertz CT molecular complexity index is 925. The van der Waals surface area contributed by atoms with Crippen molar-refractivity contribution in [2.45, 2.75) is 13.1 Å². The van der Waals surface area contributed by atoms with Gasteiger partial charge in [-0.3, -0.25) is 0 Å². The van der Waals surface area contributed by atoms with Crippen molar-refractivity contribution in [1.29, 1.82) is 0 Å². The standard InChI is InChI=1S/C18H14F4N4/c1-11-10-16(24-14-8-4-2-6-12(14)18(20,21)22)26-17(23-11)25-15-9-5-3-7-13(15)19/h2-10H,1H3,(H2,23,24,25,26). The largest absolute Gasteiger partial charge is 0.418 e. The Hall–Kier alpha value is -3.16. The lowest BCUT2D eigenvalue weighted by molar-refractivity contribution is -0.136. The summed E-state index contributed by atoms with van der Waals surface area (Å²) >= 11 is 0. The number of nitrogens with zero attached hydrogens (tertiary/aromatic N) is 2. The van der Waals surface area contributed by atoms with Gasteiger partial charge in [0.15, 0.2) is 0 Å². The Morgan fingerprint density at radius 1 is 0.846 bits per heavy atom. The molecule has 26 heavy (non-hydrogen) atoms. The minimum absolute atomic E-state index is 0.0714. The van der Waals surface area contributed by atoms with Crippen molar-refractivity contribution in [2.24, 2.45) is 0 Å². The van der Waals surface area contributed by atoms with Gasteiger partial charge in [-0.05, 0) is 31.2 Å². The Morgan fingerprint density at radius 3 is 2.19 bits per heavy atom. The minimum Gasteiger partial charge on any atom is -0.340 e. The smallest absolute Gasteiger partial charge is 0.340 e. The van der Waals surface area contributed by atoms with Crippen LogP contribution in [0.5, 0.6) is 0 Å². The molecule has 0 bridgehead atoms. The molecule has 0 amide bonds. The number of alkyl halides is 3. The van der Waals surface area contributed by atoms with Crippen LogP contribution in [0.3, 0.4) is 0 Å². The number of hydrogen-bond acceptors (Lipinski definition) is 4. The number of rotatable bonds is 4.